The average molecular weight is 386 g/mol. The van der Waals surface area contributed by atoms with Crippen LogP contribution in [0.25, 0.3) is 0 Å². The Bertz CT molecular complexity index is 849. The van der Waals surface area contributed by atoms with E-state index >= 15 is 0 Å². The molecular weight excluding hydrogens is 362 g/mol. The summed E-state index contributed by atoms with van der Waals surface area (Å²) < 4.78 is 0. The number of fused-ring (bicyclic) bond motifs is 2. The first-order chi connectivity index (χ1) is 12.7. The Labute approximate surface area is 166 Å². The molecule has 0 atom stereocenters. The maximum atomic E-state index is 13.2. The summed E-state index contributed by atoms with van der Waals surface area (Å²) in [5.74, 6) is -0.0669. The summed E-state index contributed by atoms with van der Waals surface area (Å²) in [5, 5.41) is 0. The van der Waals surface area contributed by atoms with Crippen molar-refractivity contribution in [2.24, 2.45) is 0 Å². The van der Waals surface area contributed by atoms with E-state index in [0.717, 1.165) is 31.0 Å². The van der Waals surface area contributed by atoms with Gasteiger partial charge in [-0.3, -0.25) is 14.5 Å². The number of halogens is 1. The van der Waals surface area contributed by atoms with Crippen molar-refractivity contribution in [1.29, 1.82) is 0 Å². The smallest absolute Gasteiger partial charge is 0.260 e. The third kappa shape index (κ3) is 3.57. The molecule has 0 aliphatic carbocycles. The topological polar surface area (TPSA) is 43.9 Å². The largest absolute Gasteiger partial charge is 0.309 e. The van der Waals surface area contributed by atoms with E-state index in [1.54, 1.807) is 22.9 Å². The van der Waals surface area contributed by atoms with Crippen LogP contribution in [0.3, 0.4) is 0 Å². The molecule has 0 saturated carbocycles. The van der Waals surface area contributed by atoms with E-state index in [2.05, 4.69) is 4.90 Å². The van der Waals surface area contributed by atoms with Crippen molar-refractivity contribution in [3.8, 4) is 0 Å². The summed E-state index contributed by atoms with van der Waals surface area (Å²) in [6, 6.07) is 15.0. The highest BCUT2D eigenvalue weighted by molar-refractivity contribution is 6.18. The molecule has 142 valence electrons. The first-order valence-electron chi connectivity index (χ1n) is 9.18. The van der Waals surface area contributed by atoms with Crippen LogP contribution in [0, 0.1) is 0 Å². The number of nitrogens with zero attached hydrogens (tertiary/aromatic N) is 3. The zero-order valence-corrected chi connectivity index (χ0v) is 16.2. The molecule has 5 nitrogen and oxygen atoms in total. The second-order valence-corrected chi connectivity index (χ2v) is 6.90. The number of carbonyl (C=O) groups is 2. The van der Waals surface area contributed by atoms with Crippen LogP contribution in [0.15, 0.2) is 48.5 Å². The number of rotatable bonds is 3. The van der Waals surface area contributed by atoms with Gasteiger partial charge in [0.1, 0.15) is 0 Å². The van der Waals surface area contributed by atoms with Crippen molar-refractivity contribution in [1.82, 2.24) is 4.90 Å². The number of amides is 2. The molecule has 2 aliphatic rings. The Balaban J connectivity index is 0.00000210. The molecule has 2 amide bonds. The Morgan fingerprint density at radius 2 is 1.52 bits per heavy atom. The highest BCUT2D eigenvalue weighted by Gasteiger charge is 2.31. The standard InChI is InChI=1S/C21H23N3O2.ClH/c1-22-18-10-4-5-11-19(18)24(17-9-3-2-8-16(17)21(22)26)20(25)12-15-23-13-6-7-14-23;/h2-5,8-11H,6-7,12-15H2,1H3;1H. The third-order valence-corrected chi connectivity index (χ3v) is 5.25. The summed E-state index contributed by atoms with van der Waals surface area (Å²) in [6.07, 6.45) is 2.87. The molecule has 4 rings (SSSR count). The van der Waals surface area contributed by atoms with Crippen LogP contribution >= 0.6 is 12.4 Å². The Morgan fingerprint density at radius 3 is 2.22 bits per heavy atom. The molecular formula is C21H24ClN3O2. The normalized spacial score (nSPS) is 16.4. The van der Waals surface area contributed by atoms with Gasteiger partial charge in [0.15, 0.2) is 0 Å². The molecule has 0 aromatic heterocycles. The van der Waals surface area contributed by atoms with Crippen molar-refractivity contribution in [2.75, 3.05) is 36.5 Å². The van der Waals surface area contributed by atoms with Crippen LogP contribution in [0.4, 0.5) is 17.1 Å². The lowest BCUT2D eigenvalue weighted by Gasteiger charge is -2.25. The van der Waals surface area contributed by atoms with Crippen LogP contribution in [-0.4, -0.2) is 43.4 Å². The van der Waals surface area contributed by atoms with Gasteiger partial charge in [-0.1, -0.05) is 24.3 Å². The molecule has 1 fully saturated rings. The second-order valence-electron chi connectivity index (χ2n) is 6.90. The average Bonchev–Trinajstić information content (AvgIpc) is 3.17. The van der Waals surface area contributed by atoms with E-state index < -0.39 is 0 Å². The van der Waals surface area contributed by atoms with Crippen LogP contribution in [0.5, 0.6) is 0 Å². The minimum absolute atomic E-state index is 0. The van der Waals surface area contributed by atoms with Crippen molar-refractivity contribution < 1.29 is 9.59 Å². The molecule has 2 aromatic rings. The predicted octanol–water partition coefficient (Wildman–Crippen LogP) is 3.85. The zero-order chi connectivity index (χ0) is 18.1. The summed E-state index contributed by atoms with van der Waals surface area (Å²) in [4.78, 5) is 31.8. The molecule has 0 bridgehead atoms. The molecule has 1 saturated heterocycles. The summed E-state index contributed by atoms with van der Waals surface area (Å²) >= 11 is 0. The maximum Gasteiger partial charge on any atom is 0.260 e. The molecule has 2 aromatic carbocycles. The van der Waals surface area contributed by atoms with E-state index in [1.807, 2.05) is 42.5 Å². The Kier molecular flexibility index (Phi) is 5.82. The summed E-state index contributed by atoms with van der Waals surface area (Å²) in [7, 11) is 1.76. The van der Waals surface area contributed by atoms with Gasteiger partial charge in [0, 0.05) is 20.0 Å². The van der Waals surface area contributed by atoms with Gasteiger partial charge in [-0.05, 0) is 50.2 Å². The number of benzene rings is 2. The molecule has 0 radical (unpaired) electrons. The van der Waals surface area contributed by atoms with E-state index in [9.17, 15) is 9.59 Å². The zero-order valence-electron chi connectivity index (χ0n) is 15.4. The van der Waals surface area contributed by atoms with E-state index in [4.69, 9.17) is 0 Å². The van der Waals surface area contributed by atoms with Gasteiger partial charge in [-0.2, -0.15) is 0 Å². The van der Waals surface area contributed by atoms with Crippen LogP contribution < -0.4 is 9.80 Å². The summed E-state index contributed by atoms with van der Waals surface area (Å²) in [6.45, 7) is 2.91. The van der Waals surface area contributed by atoms with E-state index in [-0.39, 0.29) is 24.2 Å². The molecule has 0 spiro atoms. The quantitative estimate of drug-likeness (QED) is 0.806. The number of anilines is 3. The first kappa shape index (κ1) is 19.4. The number of para-hydroxylation sites is 3. The van der Waals surface area contributed by atoms with Crippen molar-refractivity contribution in [2.45, 2.75) is 19.3 Å². The van der Waals surface area contributed by atoms with Gasteiger partial charge < -0.3 is 9.80 Å². The monoisotopic (exact) mass is 385 g/mol. The van der Waals surface area contributed by atoms with Crippen molar-refractivity contribution in [3.63, 3.8) is 0 Å². The van der Waals surface area contributed by atoms with Gasteiger partial charge in [0.2, 0.25) is 5.91 Å². The molecule has 0 N–H and O–H groups in total. The fourth-order valence-electron chi connectivity index (χ4n) is 3.85. The highest BCUT2D eigenvalue weighted by atomic mass is 35.5. The van der Waals surface area contributed by atoms with Crippen LogP contribution in [0.1, 0.15) is 29.6 Å². The highest BCUT2D eigenvalue weighted by Crippen LogP contribution is 2.40. The second kappa shape index (κ2) is 8.11. The minimum Gasteiger partial charge on any atom is -0.309 e. The maximum absolute atomic E-state index is 13.2. The fourth-order valence-corrected chi connectivity index (χ4v) is 3.85. The SMILES string of the molecule is CN1C(=O)c2ccccc2N(C(=O)CCN2CCCC2)c2ccccc21.Cl. The lowest BCUT2D eigenvalue weighted by atomic mass is 10.1. The lowest BCUT2D eigenvalue weighted by Crippen LogP contribution is -2.31. The van der Waals surface area contributed by atoms with Gasteiger partial charge in [-0.25, -0.2) is 0 Å². The van der Waals surface area contributed by atoms with Gasteiger partial charge in [0.25, 0.3) is 5.91 Å². The van der Waals surface area contributed by atoms with Crippen LogP contribution in [0.2, 0.25) is 0 Å². The van der Waals surface area contributed by atoms with Crippen molar-refractivity contribution in [3.05, 3.63) is 54.1 Å². The third-order valence-electron chi connectivity index (χ3n) is 5.25. The first-order valence-corrected chi connectivity index (χ1v) is 9.18. The Hall–Kier alpha value is -2.37. The van der Waals surface area contributed by atoms with Gasteiger partial charge in [-0.15, -0.1) is 12.4 Å². The molecule has 27 heavy (non-hydrogen) atoms. The number of hydrogen-bond donors (Lipinski definition) is 0. The van der Waals surface area contributed by atoms with Crippen molar-refractivity contribution >= 4 is 41.3 Å². The Morgan fingerprint density at radius 1 is 0.926 bits per heavy atom. The molecule has 0 unspecified atom stereocenters. The van der Waals surface area contributed by atoms with E-state index in [1.165, 1.54) is 12.8 Å². The number of likely N-dealkylation sites (tertiary alicyclic amines) is 1. The fraction of sp³-hybridized carbons (Fsp3) is 0.333. The number of hydrogen-bond acceptors (Lipinski definition) is 3. The molecule has 6 heteroatoms. The molecule has 2 aliphatic heterocycles. The van der Waals surface area contributed by atoms with Crippen LogP contribution in [-0.2, 0) is 4.79 Å². The van der Waals surface area contributed by atoms with Gasteiger partial charge in [0.05, 0.1) is 22.6 Å². The predicted molar refractivity (Wildman–Crippen MR) is 110 cm³/mol. The lowest BCUT2D eigenvalue weighted by molar-refractivity contribution is -0.118. The number of carbonyl (C=O) groups excluding carboxylic acids is 2. The molecule has 2 heterocycles. The minimum atomic E-state index is -0.0945. The van der Waals surface area contributed by atoms with E-state index in [0.29, 0.717) is 17.7 Å². The summed E-state index contributed by atoms with van der Waals surface area (Å²) in [5.41, 5.74) is 2.74. The van der Waals surface area contributed by atoms with Gasteiger partial charge >= 0.3 is 0 Å².